The first-order chi connectivity index (χ1) is 5.86. The van der Waals surface area contributed by atoms with Gasteiger partial charge in [-0.1, -0.05) is 6.08 Å². The molecule has 1 aromatic rings. The van der Waals surface area contributed by atoms with E-state index in [0.717, 1.165) is 17.7 Å². The normalized spacial score (nSPS) is 10.8. The van der Waals surface area contributed by atoms with Crippen LogP contribution in [0.2, 0.25) is 0 Å². The van der Waals surface area contributed by atoms with Crippen LogP contribution in [0.5, 0.6) is 0 Å². The number of carbonyl (C=O) groups excluding carboxylic acids is 1. The van der Waals surface area contributed by atoms with Gasteiger partial charge in [0.1, 0.15) is 10.7 Å². The van der Waals surface area contributed by atoms with Gasteiger partial charge in [-0.05, 0) is 19.0 Å². The zero-order chi connectivity index (χ0) is 8.81. The Morgan fingerprint density at radius 1 is 1.67 bits per heavy atom. The molecular formula is C8H10N2OS. The zero-order valence-electron chi connectivity index (χ0n) is 6.56. The lowest BCUT2D eigenvalue weighted by Crippen LogP contribution is -1.94. The lowest BCUT2D eigenvalue weighted by Gasteiger charge is -1.83. The van der Waals surface area contributed by atoms with Crippen LogP contribution < -0.4 is 5.73 Å². The van der Waals surface area contributed by atoms with E-state index in [1.165, 1.54) is 11.3 Å². The van der Waals surface area contributed by atoms with Crippen LogP contribution in [-0.2, 0) is 0 Å². The van der Waals surface area contributed by atoms with Gasteiger partial charge in [0.25, 0.3) is 0 Å². The molecule has 0 saturated heterocycles. The summed E-state index contributed by atoms with van der Waals surface area (Å²) in [5.74, 6) is 0. The molecular weight excluding hydrogens is 172 g/mol. The molecule has 1 rings (SSSR count). The maximum absolute atomic E-state index is 10.2. The van der Waals surface area contributed by atoms with Gasteiger partial charge in [0, 0.05) is 5.38 Å². The zero-order valence-corrected chi connectivity index (χ0v) is 7.38. The second-order valence-corrected chi connectivity index (χ2v) is 3.10. The van der Waals surface area contributed by atoms with E-state index in [1.807, 2.05) is 12.2 Å². The highest BCUT2D eigenvalue weighted by Gasteiger charge is 1.95. The minimum atomic E-state index is 0.493. The van der Waals surface area contributed by atoms with E-state index in [1.54, 1.807) is 5.38 Å². The van der Waals surface area contributed by atoms with Crippen molar-refractivity contribution in [2.24, 2.45) is 5.73 Å². The molecule has 2 N–H and O–H groups in total. The van der Waals surface area contributed by atoms with E-state index in [2.05, 4.69) is 4.98 Å². The molecule has 0 aliphatic heterocycles. The van der Waals surface area contributed by atoms with E-state index >= 15 is 0 Å². The molecule has 4 heteroatoms. The van der Waals surface area contributed by atoms with Crippen molar-refractivity contribution in [3.63, 3.8) is 0 Å². The quantitative estimate of drug-likeness (QED) is 0.714. The number of nitrogens with zero attached hydrogens (tertiary/aromatic N) is 1. The lowest BCUT2D eigenvalue weighted by atomic mass is 10.4. The number of aromatic nitrogens is 1. The molecule has 0 aliphatic rings. The van der Waals surface area contributed by atoms with Crippen LogP contribution in [0.15, 0.2) is 11.5 Å². The number of carbonyl (C=O) groups is 1. The maximum Gasteiger partial charge on any atom is 0.169 e. The Morgan fingerprint density at radius 3 is 3.08 bits per heavy atom. The van der Waals surface area contributed by atoms with Crippen molar-refractivity contribution in [2.75, 3.05) is 6.54 Å². The Morgan fingerprint density at radius 2 is 2.50 bits per heavy atom. The third-order valence-electron chi connectivity index (χ3n) is 1.25. The highest BCUT2D eigenvalue weighted by atomic mass is 32.1. The van der Waals surface area contributed by atoms with Crippen LogP contribution >= 0.6 is 11.3 Å². The molecule has 0 aliphatic carbocycles. The van der Waals surface area contributed by atoms with Crippen molar-refractivity contribution in [3.05, 3.63) is 22.2 Å². The van der Waals surface area contributed by atoms with Gasteiger partial charge in [-0.25, -0.2) is 4.98 Å². The van der Waals surface area contributed by atoms with Gasteiger partial charge in [-0.15, -0.1) is 11.3 Å². The number of hydrogen-bond acceptors (Lipinski definition) is 4. The summed E-state index contributed by atoms with van der Waals surface area (Å²) in [5, 5.41) is 2.58. The van der Waals surface area contributed by atoms with Gasteiger partial charge in [0.2, 0.25) is 0 Å². The van der Waals surface area contributed by atoms with E-state index in [9.17, 15) is 4.79 Å². The molecule has 1 aromatic heterocycles. The molecule has 0 spiro atoms. The molecule has 3 nitrogen and oxygen atoms in total. The van der Waals surface area contributed by atoms with Gasteiger partial charge in [-0.3, -0.25) is 4.79 Å². The largest absolute Gasteiger partial charge is 0.330 e. The van der Waals surface area contributed by atoms with Gasteiger partial charge < -0.3 is 5.73 Å². The summed E-state index contributed by atoms with van der Waals surface area (Å²) >= 11 is 1.45. The Hall–Kier alpha value is -1.00. The Bertz CT molecular complexity index is 280. The van der Waals surface area contributed by atoms with Crippen molar-refractivity contribution >= 4 is 23.7 Å². The molecule has 0 saturated carbocycles. The number of nitrogens with two attached hydrogens (primary N) is 1. The Balaban J connectivity index is 2.57. The van der Waals surface area contributed by atoms with Crippen molar-refractivity contribution in [1.29, 1.82) is 0 Å². The smallest absolute Gasteiger partial charge is 0.169 e. The minimum absolute atomic E-state index is 0.493. The number of rotatable bonds is 4. The van der Waals surface area contributed by atoms with Crippen molar-refractivity contribution in [3.8, 4) is 0 Å². The summed E-state index contributed by atoms with van der Waals surface area (Å²) in [7, 11) is 0. The summed E-state index contributed by atoms with van der Waals surface area (Å²) in [4.78, 5) is 14.3. The number of thiazole rings is 1. The molecule has 0 bridgehead atoms. The molecule has 0 unspecified atom stereocenters. The molecule has 0 atom stereocenters. The van der Waals surface area contributed by atoms with E-state index < -0.39 is 0 Å². The molecule has 0 fully saturated rings. The fourth-order valence-electron chi connectivity index (χ4n) is 0.712. The van der Waals surface area contributed by atoms with Crippen molar-refractivity contribution in [1.82, 2.24) is 4.98 Å². The Kier molecular flexibility index (Phi) is 3.63. The third-order valence-corrected chi connectivity index (χ3v) is 2.08. The molecule has 1 heterocycles. The maximum atomic E-state index is 10.2. The predicted octanol–water partition coefficient (Wildman–Crippen LogP) is 1.32. The Labute approximate surface area is 74.9 Å². The van der Waals surface area contributed by atoms with Crippen molar-refractivity contribution < 1.29 is 4.79 Å². The van der Waals surface area contributed by atoms with Gasteiger partial charge >= 0.3 is 0 Å². The summed E-state index contributed by atoms with van der Waals surface area (Å²) in [6, 6.07) is 0. The molecule has 64 valence electrons. The highest BCUT2D eigenvalue weighted by Crippen LogP contribution is 2.09. The summed E-state index contributed by atoms with van der Waals surface area (Å²) in [6.45, 7) is 0.641. The molecule has 12 heavy (non-hydrogen) atoms. The van der Waals surface area contributed by atoms with Crippen LogP contribution in [0.4, 0.5) is 0 Å². The number of aldehydes is 1. The van der Waals surface area contributed by atoms with Crippen LogP contribution in [0.25, 0.3) is 6.08 Å². The summed E-state index contributed by atoms with van der Waals surface area (Å²) in [6.07, 6.45) is 5.42. The van der Waals surface area contributed by atoms with Gasteiger partial charge in [0.05, 0.1) is 0 Å². The lowest BCUT2D eigenvalue weighted by molar-refractivity contribution is 0.111. The first-order valence-electron chi connectivity index (χ1n) is 3.64. The van der Waals surface area contributed by atoms with E-state index in [-0.39, 0.29) is 0 Å². The number of hydrogen-bond donors (Lipinski definition) is 1. The first kappa shape index (κ1) is 9.09. The van der Waals surface area contributed by atoms with E-state index in [0.29, 0.717) is 12.2 Å². The topological polar surface area (TPSA) is 56.0 Å². The monoisotopic (exact) mass is 182 g/mol. The summed E-state index contributed by atoms with van der Waals surface area (Å²) < 4.78 is 0. The van der Waals surface area contributed by atoms with Crippen LogP contribution in [0.3, 0.4) is 0 Å². The molecule has 0 radical (unpaired) electrons. The summed E-state index contributed by atoms with van der Waals surface area (Å²) in [5.41, 5.74) is 5.79. The highest BCUT2D eigenvalue weighted by molar-refractivity contribution is 7.10. The second-order valence-electron chi connectivity index (χ2n) is 2.21. The van der Waals surface area contributed by atoms with Crippen LogP contribution in [-0.4, -0.2) is 17.8 Å². The van der Waals surface area contributed by atoms with Gasteiger partial charge in [-0.2, -0.15) is 0 Å². The SMILES string of the molecule is NCCC=Cc1nc(C=O)cs1. The third kappa shape index (κ3) is 2.56. The van der Waals surface area contributed by atoms with E-state index in [4.69, 9.17) is 5.73 Å². The second kappa shape index (κ2) is 4.79. The predicted molar refractivity (Wildman–Crippen MR) is 50.2 cm³/mol. The minimum Gasteiger partial charge on any atom is -0.330 e. The first-order valence-corrected chi connectivity index (χ1v) is 4.52. The van der Waals surface area contributed by atoms with Crippen LogP contribution in [0.1, 0.15) is 21.9 Å². The fourth-order valence-corrected chi connectivity index (χ4v) is 1.39. The average molecular weight is 182 g/mol. The molecule has 0 aromatic carbocycles. The van der Waals surface area contributed by atoms with Gasteiger partial charge in [0.15, 0.2) is 6.29 Å². The average Bonchev–Trinajstić information content (AvgIpc) is 2.53. The standard InChI is InChI=1S/C8H10N2OS/c9-4-2-1-3-8-10-7(5-11)6-12-8/h1,3,5-6H,2,4,9H2. The van der Waals surface area contributed by atoms with Crippen LogP contribution in [0, 0.1) is 0 Å². The van der Waals surface area contributed by atoms with Crippen molar-refractivity contribution in [2.45, 2.75) is 6.42 Å². The fraction of sp³-hybridized carbons (Fsp3) is 0.250. The molecule has 0 amide bonds.